The molecule has 1 fully saturated rings. The van der Waals surface area contributed by atoms with Crippen molar-refractivity contribution in [2.45, 2.75) is 51.0 Å². The Morgan fingerprint density at radius 3 is 3.06 bits per heavy atom. The molecule has 0 amide bonds. The molecule has 0 aromatic carbocycles. The Morgan fingerprint density at radius 2 is 2.38 bits per heavy atom. The number of rotatable bonds is 4. The van der Waals surface area contributed by atoms with Gasteiger partial charge in [0.2, 0.25) is 0 Å². The van der Waals surface area contributed by atoms with Gasteiger partial charge in [-0.25, -0.2) is 0 Å². The maximum Gasteiger partial charge on any atom is 0.0655 e. The van der Waals surface area contributed by atoms with Gasteiger partial charge in [0.05, 0.1) is 5.69 Å². The van der Waals surface area contributed by atoms with E-state index in [4.69, 9.17) is 0 Å². The number of hydrogen-bond donors (Lipinski definition) is 1. The molecule has 1 aromatic rings. The second kappa shape index (κ2) is 5.48. The molecule has 3 heteroatoms. The van der Waals surface area contributed by atoms with Crippen molar-refractivity contribution in [2.75, 3.05) is 6.54 Å². The average molecular weight is 221 g/mol. The van der Waals surface area contributed by atoms with Gasteiger partial charge in [-0.3, -0.25) is 4.68 Å². The van der Waals surface area contributed by atoms with E-state index in [1.165, 1.54) is 37.8 Å². The van der Waals surface area contributed by atoms with Crippen LogP contribution >= 0.6 is 0 Å². The highest BCUT2D eigenvalue weighted by atomic mass is 15.2. The number of nitrogens with one attached hydrogen (secondary N) is 1. The zero-order valence-electron chi connectivity index (χ0n) is 10.4. The summed E-state index contributed by atoms with van der Waals surface area (Å²) in [6, 6.07) is 2.88. The van der Waals surface area contributed by atoms with Crippen molar-refractivity contribution in [3.8, 4) is 0 Å². The first-order valence-corrected chi connectivity index (χ1v) is 6.52. The third-order valence-electron chi connectivity index (χ3n) is 3.51. The van der Waals surface area contributed by atoms with Crippen molar-refractivity contribution < 1.29 is 0 Å². The zero-order valence-corrected chi connectivity index (χ0v) is 10.4. The molecule has 0 spiro atoms. The van der Waals surface area contributed by atoms with E-state index in [1.54, 1.807) is 0 Å². The van der Waals surface area contributed by atoms with Crippen LogP contribution in [0.4, 0.5) is 0 Å². The van der Waals surface area contributed by atoms with Crippen molar-refractivity contribution in [2.24, 2.45) is 7.05 Å². The summed E-state index contributed by atoms with van der Waals surface area (Å²) in [5.74, 6) is 0.671. The van der Waals surface area contributed by atoms with E-state index in [2.05, 4.69) is 29.6 Å². The molecule has 1 aliphatic carbocycles. The van der Waals surface area contributed by atoms with Crippen molar-refractivity contribution in [3.63, 3.8) is 0 Å². The molecule has 1 heterocycles. The highest BCUT2D eigenvalue weighted by Crippen LogP contribution is 2.31. The van der Waals surface area contributed by atoms with Gasteiger partial charge in [-0.1, -0.05) is 13.3 Å². The Hall–Kier alpha value is -0.830. The fourth-order valence-electron chi connectivity index (χ4n) is 2.64. The van der Waals surface area contributed by atoms with Crippen LogP contribution in [0.1, 0.15) is 50.6 Å². The summed E-state index contributed by atoms with van der Waals surface area (Å²) >= 11 is 0. The molecule has 0 radical (unpaired) electrons. The molecule has 0 saturated heterocycles. The lowest BCUT2D eigenvalue weighted by atomic mass is 9.84. The van der Waals surface area contributed by atoms with Crippen LogP contribution in [0.25, 0.3) is 0 Å². The summed E-state index contributed by atoms with van der Waals surface area (Å²) in [4.78, 5) is 0. The first-order chi connectivity index (χ1) is 7.79. The maximum atomic E-state index is 4.54. The summed E-state index contributed by atoms with van der Waals surface area (Å²) < 4.78 is 1.92. The van der Waals surface area contributed by atoms with E-state index in [0.717, 1.165) is 6.54 Å². The minimum atomic E-state index is 0.671. The van der Waals surface area contributed by atoms with Gasteiger partial charge >= 0.3 is 0 Å². The van der Waals surface area contributed by atoms with Crippen LogP contribution in [0.3, 0.4) is 0 Å². The summed E-state index contributed by atoms with van der Waals surface area (Å²) in [5.41, 5.74) is 1.28. The number of nitrogens with zero attached hydrogens (tertiary/aromatic N) is 2. The van der Waals surface area contributed by atoms with Crippen LogP contribution in [0.5, 0.6) is 0 Å². The summed E-state index contributed by atoms with van der Waals surface area (Å²) in [6.45, 7) is 3.38. The van der Waals surface area contributed by atoms with Crippen LogP contribution in [0, 0.1) is 0 Å². The standard InChI is InChI=1S/C13H23N3/c1-3-8-14-12-6-4-5-11(10-12)13-7-9-16(2)15-13/h7,9,11-12,14H,3-6,8,10H2,1-2H3. The van der Waals surface area contributed by atoms with Crippen LogP contribution in [-0.4, -0.2) is 22.4 Å². The molecule has 1 aromatic heterocycles. The maximum absolute atomic E-state index is 4.54. The first kappa shape index (κ1) is 11.6. The number of aromatic nitrogens is 2. The van der Waals surface area contributed by atoms with Gasteiger partial charge in [0.1, 0.15) is 0 Å². The Morgan fingerprint density at radius 1 is 1.50 bits per heavy atom. The van der Waals surface area contributed by atoms with E-state index in [0.29, 0.717) is 12.0 Å². The molecule has 1 N–H and O–H groups in total. The van der Waals surface area contributed by atoms with Gasteiger partial charge in [0.15, 0.2) is 0 Å². The van der Waals surface area contributed by atoms with E-state index < -0.39 is 0 Å². The highest BCUT2D eigenvalue weighted by Gasteiger charge is 2.23. The molecule has 2 atom stereocenters. The second-order valence-corrected chi connectivity index (χ2v) is 4.93. The lowest BCUT2D eigenvalue weighted by Gasteiger charge is -2.28. The third-order valence-corrected chi connectivity index (χ3v) is 3.51. The molecular formula is C13H23N3. The monoisotopic (exact) mass is 221 g/mol. The van der Waals surface area contributed by atoms with Crippen LogP contribution in [0.15, 0.2) is 12.3 Å². The first-order valence-electron chi connectivity index (χ1n) is 6.52. The average Bonchev–Trinajstić information content (AvgIpc) is 2.74. The molecule has 2 rings (SSSR count). The van der Waals surface area contributed by atoms with Crippen LogP contribution in [-0.2, 0) is 7.05 Å². The quantitative estimate of drug-likeness (QED) is 0.846. The summed E-state index contributed by atoms with van der Waals surface area (Å²) in [5, 5.41) is 8.18. The van der Waals surface area contributed by atoms with Crippen molar-refractivity contribution in [3.05, 3.63) is 18.0 Å². The molecule has 16 heavy (non-hydrogen) atoms. The van der Waals surface area contributed by atoms with Gasteiger partial charge in [-0.05, 0) is 38.3 Å². The van der Waals surface area contributed by atoms with E-state index >= 15 is 0 Å². The molecule has 2 unspecified atom stereocenters. The Labute approximate surface area is 98.2 Å². The molecule has 90 valence electrons. The fourth-order valence-corrected chi connectivity index (χ4v) is 2.64. The van der Waals surface area contributed by atoms with Gasteiger partial charge < -0.3 is 5.32 Å². The molecular weight excluding hydrogens is 198 g/mol. The van der Waals surface area contributed by atoms with Gasteiger partial charge in [-0.2, -0.15) is 5.10 Å². The van der Waals surface area contributed by atoms with E-state index in [-0.39, 0.29) is 0 Å². The predicted octanol–water partition coefficient (Wildman–Crippen LogP) is 2.45. The molecule has 1 saturated carbocycles. The van der Waals surface area contributed by atoms with Gasteiger partial charge in [0.25, 0.3) is 0 Å². The lowest BCUT2D eigenvalue weighted by molar-refractivity contribution is 0.335. The molecule has 0 aliphatic heterocycles. The molecule has 3 nitrogen and oxygen atoms in total. The fraction of sp³-hybridized carbons (Fsp3) is 0.769. The SMILES string of the molecule is CCCNC1CCCC(c2ccn(C)n2)C1. The minimum absolute atomic E-state index is 0.671. The second-order valence-electron chi connectivity index (χ2n) is 4.93. The highest BCUT2D eigenvalue weighted by molar-refractivity contribution is 5.08. The van der Waals surface area contributed by atoms with Gasteiger partial charge in [0, 0.05) is 25.2 Å². The Bertz CT molecular complexity index is 319. The van der Waals surface area contributed by atoms with Crippen molar-refractivity contribution in [1.29, 1.82) is 0 Å². The lowest BCUT2D eigenvalue weighted by Crippen LogP contribution is -2.34. The molecule has 1 aliphatic rings. The minimum Gasteiger partial charge on any atom is -0.314 e. The smallest absolute Gasteiger partial charge is 0.0655 e. The summed E-state index contributed by atoms with van der Waals surface area (Å²) in [6.07, 6.45) is 8.52. The van der Waals surface area contributed by atoms with E-state index in [1.807, 2.05) is 11.7 Å². The predicted molar refractivity (Wildman–Crippen MR) is 66.5 cm³/mol. The molecule has 0 bridgehead atoms. The van der Waals surface area contributed by atoms with Crippen molar-refractivity contribution in [1.82, 2.24) is 15.1 Å². The van der Waals surface area contributed by atoms with Crippen LogP contribution < -0.4 is 5.32 Å². The van der Waals surface area contributed by atoms with Gasteiger partial charge in [-0.15, -0.1) is 0 Å². The largest absolute Gasteiger partial charge is 0.314 e. The number of hydrogen-bond acceptors (Lipinski definition) is 2. The Kier molecular flexibility index (Phi) is 3.99. The third kappa shape index (κ3) is 2.85. The van der Waals surface area contributed by atoms with Crippen LogP contribution in [0.2, 0.25) is 0 Å². The van der Waals surface area contributed by atoms with E-state index in [9.17, 15) is 0 Å². The number of aryl methyl sites for hydroxylation is 1. The topological polar surface area (TPSA) is 29.9 Å². The van der Waals surface area contributed by atoms with Crippen molar-refractivity contribution >= 4 is 0 Å². The summed E-state index contributed by atoms with van der Waals surface area (Å²) in [7, 11) is 2.00. The Balaban J connectivity index is 1.91. The normalized spacial score (nSPS) is 25.9. The zero-order chi connectivity index (χ0) is 11.4.